The maximum Gasteiger partial charge on any atom is 0.321 e. The van der Waals surface area contributed by atoms with Gasteiger partial charge in [-0.25, -0.2) is 14.2 Å². The molecular formula is C23H29FN6O2. The SMILES string of the molecule is C=C(/C=C\n1c(N2CCOCC2)cnc1N)c1cc(NC(=O)N2CC[C@@H](C)C2)ccc1F. The summed E-state index contributed by atoms with van der Waals surface area (Å²) in [6, 6.07) is 4.31. The molecule has 0 saturated carbocycles. The van der Waals surface area contributed by atoms with E-state index in [9.17, 15) is 9.18 Å². The van der Waals surface area contributed by atoms with E-state index in [1.807, 2.05) is 0 Å². The maximum atomic E-state index is 14.5. The van der Waals surface area contributed by atoms with E-state index >= 15 is 0 Å². The highest BCUT2D eigenvalue weighted by atomic mass is 19.1. The number of aromatic nitrogens is 2. The molecule has 0 aliphatic carbocycles. The summed E-state index contributed by atoms with van der Waals surface area (Å²) < 4.78 is 21.7. The number of ether oxygens (including phenoxy) is 1. The molecular weight excluding hydrogens is 411 g/mol. The fourth-order valence-corrected chi connectivity index (χ4v) is 3.97. The van der Waals surface area contributed by atoms with E-state index in [2.05, 4.69) is 28.7 Å². The molecule has 9 heteroatoms. The summed E-state index contributed by atoms with van der Waals surface area (Å²) in [5, 5.41) is 2.86. The number of hydrogen-bond donors (Lipinski definition) is 2. The first-order chi connectivity index (χ1) is 15.4. The van der Waals surface area contributed by atoms with E-state index in [1.54, 1.807) is 40.1 Å². The van der Waals surface area contributed by atoms with Gasteiger partial charge in [-0.3, -0.25) is 4.57 Å². The van der Waals surface area contributed by atoms with Crippen molar-refractivity contribution in [1.82, 2.24) is 14.5 Å². The van der Waals surface area contributed by atoms with Crippen LogP contribution in [0.2, 0.25) is 0 Å². The first-order valence-electron chi connectivity index (χ1n) is 10.8. The van der Waals surface area contributed by atoms with Gasteiger partial charge >= 0.3 is 6.03 Å². The van der Waals surface area contributed by atoms with Gasteiger partial charge in [0.25, 0.3) is 0 Å². The summed E-state index contributed by atoms with van der Waals surface area (Å²) in [4.78, 5) is 20.6. The van der Waals surface area contributed by atoms with E-state index in [1.165, 1.54) is 6.07 Å². The molecule has 0 unspecified atom stereocenters. The quantitative estimate of drug-likeness (QED) is 0.695. The molecule has 0 bridgehead atoms. The highest BCUT2D eigenvalue weighted by Crippen LogP contribution is 2.25. The molecule has 2 fully saturated rings. The van der Waals surface area contributed by atoms with Crippen LogP contribution in [0.4, 0.5) is 26.6 Å². The lowest BCUT2D eigenvalue weighted by molar-refractivity contribution is 0.122. The number of benzene rings is 1. The van der Waals surface area contributed by atoms with Gasteiger partial charge in [0, 0.05) is 43.6 Å². The van der Waals surface area contributed by atoms with Crippen molar-refractivity contribution < 1.29 is 13.9 Å². The van der Waals surface area contributed by atoms with Gasteiger partial charge in [0.15, 0.2) is 0 Å². The number of halogens is 1. The summed E-state index contributed by atoms with van der Waals surface area (Å²) in [7, 11) is 0. The van der Waals surface area contributed by atoms with E-state index in [0.717, 1.165) is 38.4 Å². The third-order valence-corrected chi connectivity index (χ3v) is 5.84. The third-order valence-electron chi connectivity index (χ3n) is 5.84. The lowest BCUT2D eigenvalue weighted by Gasteiger charge is -2.28. The Morgan fingerprint density at radius 1 is 1.34 bits per heavy atom. The fraction of sp³-hybridized carbons (Fsp3) is 0.391. The van der Waals surface area contributed by atoms with E-state index in [4.69, 9.17) is 10.5 Å². The minimum atomic E-state index is -0.417. The van der Waals surface area contributed by atoms with Crippen molar-refractivity contribution in [1.29, 1.82) is 0 Å². The smallest absolute Gasteiger partial charge is 0.321 e. The number of carbonyl (C=O) groups excluding carboxylic acids is 1. The van der Waals surface area contributed by atoms with Gasteiger partial charge in [-0.15, -0.1) is 0 Å². The van der Waals surface area contributed by atoms with Crippen LogP contribution in [0.25, 0.3) is 11.8 Å². The maximum absolute atomic E-state index is 14.5. The van der Waals surface area contributed by atoms with Crippen LogP contribution in [-0.2, 0) is 4.74 Å². The van der Waals surface area contributed by atoms with Crippen molar-refractivity contribution in [2.24, 2.45) is 5.92 Å². The molecule has 1 atom stereocenters. The second kappa shape index (κ2) is 9.44. The molecule has 4 rings (SSSR count). The number of likely N-dealkylation sites (tertiary alicyclic amines) is 1. The van der Waals surface area contributed by atoms with Crippen LogP contribution in [0.3, 0.4) is 0 Å². The predicted octanol–water partition coefficient (Wildman–Crippen LogP) is 3.50. The molecule has 1 aromatic carbocycles. The lowest BCUT2D eigenvalue weighted by atomic mass is 10.1. The number of nitrogens with zero attached hydrogens (tertiary/aromatic N) is 4. The normalized spacial score (nSPS) is 19.0. The zero-order valence-electron chi connectivity index (χ0n) is 18.3. The average molecular weight is 441 g/mol. The number of rotatable bonds is 5. The number of carbonyl (C=O) groups is 1. The van der Waals surface area contributed by atoms with Crippen LogP contribution < -0.4 is 16.0 Å². The second-order valence-corrected chi connectivity index (χ2v) is 8.25. The van der Waals surface area contributed by atoms with Crippen LogP contribution in [0.5, 0.6) is 0 Å². The van der Waals surface area contributed by atoms with Crippen molar-refractivity contribution in [3.05, 3.63) is 48.4 Å². The Balaban J connectivity index is 1.49. The van der Waals surface area contributed by atoms with Crippen LogP contribution in [-0.4, -0.2) is 59.9 Å². The van der Waals surface area contributed by atoms with Crippen molar-refractivity contribution in [3.63, 3.8) is 0 Å². The number of anilines is 3. The number of nitrogens with two attached hydrogens (primary N) is 1. The number of nitrogens with one attached hydrogen (secondary N) is 1. The molecule has 0 spiro atoms. The van der Waals surface area contributed by atoms with Crippen molar-refractivity contribution in [2.45, 2.75) is 13.3 Å². The van der Waals surface area contributed by atoms with E-state index < -0.39 is 5.82 Å². The Kier molecular flexibility index (Phi) is 6.45. The zero-order valence-corrected chi connectivity index (χ0v) is 18.3. The summed E-state index contributed by atoms with van der Waals surface area (Å²) in [5.74, 6) is 1.25. The summed E-state index contributed by atoms with van der Waals surface area (Å²) >= 11 is 0. The summed E-state index contributed by atoms with van der Waals surface area (Å²) in [6.07, 6.45) is 6.12. The van der Waals surface area contributed by atoms with Crippen molar-refractivity contribution in [2.75, 3.05) is 55.3 Å². The molecule has 2 aliphatic rings. The largest absolute Gasteiger partial charge is 0.378 e. The zero-order chi connectivity index (χ0) is 22.7. The molecule has 170 valence electrons. The average Bonchev–Trinajstić information content (AvgIpc) is 3.39. The molecule has 2 aromatic rings. The molecule has 8 nitrogen and oxygen atoms in total. The number of allylic oxidation sites excluding steroid dienone is 2. The summed E-state index contributed by atoms with van der Waals surface area (Å²) in [5.41, 5.74) is 7.32. The minimum Gasteiger partial charge on any atom is -0.378 e. The van der Waals surface area contributed by atoms with Gasteiger partial charge in [0.2, 0.25) is 5.95 Å². The highest BCUT2D eigenvalue weighted by molar-refractivity contribution is 5.90. The molecule has 2 amide bonds. The second-order valence-electron chi connectivity index (χ2n) is 8.25. The van der Waals surface area contributed by atoms with Gasteiger partial charge in [0.1, 0.15) is 11.6 Å². The number of amides is 2. The molecule has 2 aliphatic heterocycles. The number of nitrogen functional groups attached to an aromatic ring is 1. The Hall–Kier alpha value is -3.33. The van der Waals surface area contributed by atoms with Gasteiger partial charge < -0.3 is 25.6 Å². The van der Waals surface area contributed by atoms with Crippen LogP contribution >= 0.6 is 0 Å². The molecule has 3 N–H and O–H groups in total. The standard InChI is InChI=1S/C23H29FN6O2/c1-16-5-7-29(15-16)23(31)27-18-3-4-20(24)19(13-18)17(2)6-8-30-21(14-26-22(30)25)28-9-11-32-12-10-28/h3-4,6,8,13-14,16H,2,5,7,9-12,15H2,1H3,(H2,25,26)(H,27,31)/b8-6-/t16-/m1/s1. The first-order valence-corrected chi connectivity index (χ1v) is 10.8. The molecule has 2 saturated heterocycles. The Morgan fingerprint density at radius 3 is 2.84 bits per heavy atom. The van der Waals surface area contributed by atoms with Gasteiger partial charge in [-0.2, -0.15) is 0 Å². The number of urea groups is 1. The topological polar surface area (TPSA) is 88.6 Å². The van der Waals surface area contributed by atoms with E-state index in [0.29, 0.717) is 41.9 Å². The highest BCUT2D eigenvalue weighted by Gasteiger charge is 2.23. The third kappa shape index (κ3) is 4.77. The lowest BCUT2D eigenvalue weighted by Crippen LogP contribution is -2.37. The monoisotopic (exact) mass is 440 g/mol. The predicted molar refractivity (Wildman–Crippen MR) is 125 cm³/mol. The van der Waals surface area contributed by atoms with Gasteiger partial charge in [0.05, 0.1) is 19.4 Å². The minimum absolute atomic E-state index is 0.172. The molecule has 32 heavy (non-hydrogen) atoms. The fourth-order valence-electron chi connectivity index (χ4n) is 3.97. The number of hydrogen-bond acceptors (Lipinski definition) is 5. The Bertz CT molecular complexity index is 1030. The molecule has 1 aromatic heterocycles. The number of morpholine rings is 1. The summed E-state index contributed by atoms with van der Waals surface area (Å²) in [6.45, 7) is 10.4. The van der Waals surface area contributed by atoms with Crippen LogP contribution in [0.15, 0.2) is 37.1 Å². The Labute approximate surface area is 187 Å². The Morgan fingerprint density at radius 2 is 2.12 bits per heavy atom. The number of imidazole rings is 1. The van der Waals surface area contributed by atoms with Crippen LogP contribution in [0.1, 0.15) is 18.9 Å². The van der Waals surface area contributed by atoms with Crippen molar-refractivity contribution in [3.8, 4) is 0 Å². The van der Waals surface area contributed by atoms with Gasteiger partial charge in [-0.1, -0.05) is 13.5 Å². The van der Waals surface area contributed by atoms with Gasteiger partial charge in [-0.05, 0) is 42.2 Å². The molecule has 0 radical (unpaired) electrons. The van der Waals surface area contributed by atoms with Crippen LogP contribution in [0, 0.1) is 11.7 Å². The van der Waals surface area contributed by atoms with Crippen molar-refractivity contribution >= 4 is 35.3 Å². The first kappa shape index (κ1) is 21.9. The molecule has 3 heterocycles. The van der Waals surface area contributed by atoms with E-state index in [-0.39, 0.29) is 6.03 Å².